The summed E-state index contributed by atoms with van der Waals surface area (Å²) >= 11 is 0. The van der Waals surface area contributed by atoms with Gasteiger partial charge < -0.3 is 0 Å². The molecule has 0 heterocycles. The topological polar surface area (TPSA) is 23.8 Å². The molecule has 1 aliphatic carbocycles. The Morgan fingerprint density at radius 1 is 1.33 bits per heavy atom. The molecule has 0 saturated heterocycles. The van der Waals surface area contributed by atoms with Crippen LogP contribution in [0.15, 0.2) is 0 Å². The highest BCUT2D eigenvalue weighted by atomic mass is 14.5. The number of rotatable bonds is 2. The molecule has 0 atom stereocenters. The Balaban J connectivity index is 2.46. The highest BCUT2D eigenvalue weighted by Crippen LogP contribution is 2.56. The minimum absolute atomic E-state index is 0.0103. The molecule has 1 saturated carbocycles. The Bertz CT molecular complexity index is 204. The van der Waals surface area contributed by atoms with Crippen molar-refractivity contribution in [2.24, 2.45) is 16.7 Å². The predicted molar refractivity (Wildman–Crippen MR) is 50.5 cm³/mol. The second-order valence-corrected chi connectivity index (χ2v) is 5.43. The molecule has 1 rings (SSSR count). The van der Waals surface area contributed by atoms with Crippen LogP contribution >= 0.6 is 0 Å². The molecule has 0 amide bonds. The van der Waals surface area contributed by atoms with Gasteiger partial charge in [-0.25, -0.2) is 0 Å². The fourth-order valence-electron chi connectivity index (χ4n) is 3.04. The quantitative estimate of drug-likeness (QED) is 0.615. The highest BCUT2D eigenvalue weighted by Gasteiger charge is 2.48. The second kappa shape index (κ2) is 2.76. The molecule has 0 spiro atoms. The standard InChI is InChI=1S/C11H19N/c1-9(2)5-10(3)6-11(4,7-10)8-12/h9H,5-7H2,1-4H3. The number of nitriles is 1. The Morgan fingerprint density at radius 2 is 1.83 bits per heavy atom. The lowest BCUT2D eigenvalue weighted by Gasteiger charge is -2.50. The van der Waals surface area contributed by atoms with Crippen molar-refractivity contribution in [2.45, 2.75) is 47.0 Å². The van der Waals surface area contributed by atoms with Crippen molar-refractivity contribution in [3.8, 4) is 6.07 Å². The van der Waals surface area contributed by atoms with Crippen LogP contribution in [0.4, 0.5) is 0 Å². The largest absolute Gasteiger partial charge is 0.198 e. The van der Waals surface area contributed by atoms with Gasteiger partial charge >= 0.3 is 0 Å². The average Bonchev–Trinajstić information content (AvgIpc) is 1.82. The van der Waals surface area contributed by atoms with E-state index >= 15 is 0 Å². The first kappa shape index (κ1) is 9.58. The van der Waals surface area contributed by atoms with Gasteiger partial charge in [0.05, 0.1) is 11.5 Å². The van der Waals surface area contributed by atoms with Crippen molar-refractivity contribution >= 4 is 0 Å². The van der Waals surface area contributed by atoms with Gasteiger partial charge in [-0.15, -0.1) is 0 Å². The van der Waals surface area contributed by atoms with E-state index in [9.17, 15) is 0 Å². The molecule has 1 fully saturated rings. The Kier molecular flexibility index (Phi) is 2.21. The van der Waals surface area contributed by atoms with Crippen LogP contribution in [0, 0.1) is 28.1 Å². The molecule has 0 unspecified atom stereocenters. The summed E-state index contributed by atoms with van der Waals surface area (Å²) in [5.41, 5.74) is 0.447. The SMILES string of the molecule is CC(C)CC1(C)CC(C)(C#N)C1. The summed E-state index contributed by atoms with van der Waals surface area (Å²) in [6, 6.07) is 2.41. The van der Waals surface area contributed by atoms with Crippen molar-refractivity contribution in [2.75, 3.05) is 0 Å². The first-order valence-electron chi connectivity index (χ1n) is 4.80. The lowest BCUT2D eigenvalue weighted by Crippen LogP contribution is -2.42. The summed E-state index contributed by atoms with van der Waals surface area (Å²) < 4.78 is 0. The van der Waals surface area contributed by atoms with Gasteiger partial charge in [0.25, 0.3) is 0 Å². The molecule has 0 N–H and O–H groups in total. The van der Waals surface area contributed by atoms with Crippen molar-refractivity contribution in [1.82, 2.24) is 0 Å². The zero-order valence-electron chi connectivity index (χ0n) is 8.65. The third kappa shape index (κ3) is 1.80. The molecule has 0 aromatic rings. The van der Waals surface area contributed by atoms with Gasteiger partial charge in [0, 0.05) is 0 Å². The lowest BCUT2D eigenvalue weighted by atomic mass is 9.53. The molecule has 68 valence electrons. The highest BCUT2D eigenvalue weighted by molar-refractivity contribution is 5.10. The van der Waals surface area contributed by atoms with Gasteiger partial charge in [0.1, 0.15) is 0 Å². The van der Waals surface area contributed by atoms with E-state index in [0.29, 0.717) is 5.41 Å². The summed E-state index contributed by atoms with van der Waals surface area (Å²) in [6.45, 7) is 8.90. The van der Waals surface area contributed by atoms with E-state index in [1.54, 1.807) is 0 Å². The predicted octanol–water partition coefficient (Wildman–Crippen LogP) is 3.36. The van der Waals surface area contributed by atoms with Crippen LogP contribution in [0.2, 0.25) is 0 Å². The van der Waals surface area contributed by atoms with E-state index in [0.717, 1.165) is 18.8 Å². The Hall–Kier alpha value is -0.510. The van der Waals surface area contributed by atoms with Gasteiger partial charge in [0.15, 0.2) is 0 Å². The molecule has 12 heavy (non-hydrogen) atoms. The van der Waals surface area contributed by atoms with Crippen molar-refractivity contribution < 1.29 is 0 Å². The Morgan fingerprint density at radius 3 is 2.17 bits per heavy atom. The third-order valence-electron chi connectivity index (χ3n) is 2.80. The molecule has 1 heteroatoms. The number of hydrogen-bond donors (Lipinski definition) is 0. The normalized spacial score (nSPS) is 40.7. The minimum atomic E-state index is -0.0103. The maximum atomic E-state index is 8.86. The molecule has 0 aliphatic heterocycles. The average molecular weight is 165 g/mol. The summed E-state index contributed by atoms with van der Waals surface area (Å²) in [5.74, 6) is 0.762. The summed E-state index contributed by atoms with van der Waals surface area (Å²) in [7, 11) is 0. The molecule has 1 nitrogen and oxygen atoms in total. The van der Waals surface area contributed by atoms with Crippen molar-refractivity contribution in [3.63, 3.8) is 0 Å². The maximum Gasteiger partial charge on any atom is 0.0687 e. The molecular weight excluding hydrogens is 146 g/mol. The summed E-state index contributed by atoms with van der Waals surface area (Å²) in [6.07, 6.45) is 3.45. The maximum absolute atomic E-state index is 8.86. The zero-order valence-corrected chi connectivity index (χ0v) is 8.65. The fourth-order valence-corrected chi connectivity index (χ4v) is 3.04. The molecule has 0 bridgehead atoms. The van der Waals surface area contributed by atoms with Crippen LogP contribution in [-0.2, 0) is 0 Å². The van der Waals surface area contributed by atoms with Crippen LogP contribution in [0.3, 0.4) is 0 Å². The molecule has 0 radical (unpaired) electrons. The van der Waals surface area contributed by atoms with Crippen LogP contribution < -0.4 is 0 Å². The number of nitrogens with zero attached hydrogens (tertiary/aromatic N) is 1. The van der Waals surface area contributed by atoms with Crippen LogP contribution in [0.1, 0.15) is 47.0 Å². The molecule has 0 aromatic heterocycles. The van der Waals surface area contributed by atoms with Gasteiger partial charge in [-0.1, -0.05) is 20.8 Å². The van der Waals surface area contributed by atoms with E-state index in [1.807, 2.05) is 0 Å². The first-order chi connectivity index (χ1) is 5.39. The minimum Gasteiger partial charge on any atom is -0.198 e. The second-order valence-electron chi connectivity index (χ2n) is 5.43. The smallest absolute Gasteiger partial charge is 0.0687 e. The Labute approximate surface area is 75.8 Å². The van der Waals surface area contributed by atoms with Crippen LogP contribution in [0.25, 0.3) is 0 Å². The van der Waals surface area contributed by atoms with Crippen molar-refractivity contribution in [1.29, 1.82) is 5.26 Å². The third-order valence-corrected chi connectivity index (χ3v) is 2.80. The van der Waals surface area contributed by atoms with E-state index in [2.05, 4.69) is 33.8 Å². The molecule has 1 aliphatic rings. The van der Waals surface area contributed by atoms with Gasteiger partial charge in [-0.2, -0.15) is 5.26 Å². The van der Waals surface area contributed by atoms with Gasteiger partial charge in [-0.3, -0.25) is 0 Å². The summed E-state index contributed by atoms with van der Waals surface area (Å²) in [4.78, 5) is 0. The van der Waals surface area contributed by atoms with Gasteiger partial charge in [0.2, 0.25) is 0 Å². The first-order valence-corrected chi connectivity index (χ1v) is 4.80. The lowest BCUT2D eigenvalue weighted by molar-refractivity contribution is 0.0139. The summed E-state index contributed by atoms with van der Waals surface area (Å²) in [5, 5.41) is 8.86. The van der Waals surface area contributed by atoms with Crippen LogP contribution in [-0.4, -0.2) is 0 Å². The van der Waals surface area contributed by atoms with Crippen molar-refractivity contribution in [3.05, 3.63) is 0 Å². The van der Waals surface area contributed by atoms with Gasteiger partial charge in [-0.05, 0) is 37.5 Å². The van der Waals surface area contributed by atoms with E-state index in [1.165, 1.54) is 6.42 Å². The number of hydrogen-bond acceptors (Lipinski definition) is 1. The van der Waals surface area contributed by atoms with E-state index in [-0.39, 0.29) is 5.41 Å². The zero-order chi connectivity index (χ0) is 9.41. The van der Waals surface area contributed by atoms with Crippen LogP contribution in [0.5, 0.6) is 0 Å². The van der Waals surface area contributed by atoms with E-state index in [4.69, 9.17) is 5.26 Å². The fraction of sp³-hybridized carbons (Fsp3) is 0.909. The molecular formula is C11H19N. The monoisotopic (exact) mass is 165 g/mol. The van der Waals surface area contributed by atoms with E-state index < -0.39 is 0 Å². The molecule has 0 aromatic carbocycles.